The predicted molar refractivity (Wildman–Crippen MR) is 169 cm³/mol. The van der Waals surface area contributed by atoms with Crippen LogP contribution in [0.3, 0.4) is 0 Å². The van der Waals surface area contributed by atoms with Crippen LogP contribution in [0.2, 0.25) is 0 Å². The Balaban J connectivity index is 1.60. The molecule has 0 saturated heterocycles. The van der Waals surface area contributed by atoms with Crippen LogP contribution in [0.25, 0.3) is 59.8 Å². The highest BCUT2D eigenvalue weighted by molar-refractivity contribution is 6.29. The second-order valence-corrected chi connectivity index (χ2v) is 13.0. The second-order valence-electron chi connectivity index (χ2n) is 13.0. The monoisotopic (exact) mass is 521 g/mol. The minimum absolute atomic E-state index is 0.614. The summed E-state index contributed by atoms with van der Waals surface area (Å²) in [6.45, 7) is 2.38. The van der Waals surface area contributed by atoms with Gasteiger partial charge in [-0.3, -0.25) is 0 Å². The number of pyridine rings is 2. The summed E-state index contributed by atoms with van der Waals surface area (Å²) in [5.74, 6) is 1.43. The molecular formula is C38H37N2+. The minimum Gasteiger partial charge on any atom is -0.307 e. The van der Waals surface area contributed by atoms with Gasteiger partial charge in [-0.15, -0.1) is 0 Å². The Kier molecular flexibility index (Phi) is 4.87. The van der Waals surface area contributed by atoms with E-state index in [2.05, 4.69) is 89.8 Å². The molecule has 9 rings (SSSR count). The van der Waals surface area contributed by atoms with E-state index in [9.17, 15) is 0 Å². The van der Waals surface area contributed by atoms with Gasteiger partial charge in [-0.05, 0) is 83.0 Å². The largest absolute Gasteiger partial charge is 0.307 e. The first-order valence-electron chi connectivity index (χ1n) is 15.6. The first-order chi connectivity index (χ1) is 19.7. The molecule has 0 aliphatic heterocycles. The average molecular weight is 522 g/mol. The first-order valence-corrected chi connectivity index (χ1v) is 15.6. The minimum atomic E-state index is 0.614. The highest BCUT2D eigenvalue weighted by Crippen LogP contribution is 2.49. The smallest absolute Gasteiger partial charge is 0.224 e. The zero-order valence-electron chi connectivity index (χ0n) is 23.8. The van der Waals surface area contributed by atoms with Crippen molar-refractivity contribution in [3.63, 3.8) is 0 Å². The van der Waals surface area contributed by atoms with Crippen LogP contribution in [-0.2, 0) is 13.5 Å². The number of rotatable bonds is 3. The molecule has 40 heavy (non-hydrogen) atoms. The molecule has 3 heterocycles. The molecule has 3 aromatic heterocycles. The lowest BCUT2D eigenvalue weighted by Gasteiger charge is -2.22. The molecule has 0 spiro atoms. The highest BCUT2D eigenvalue weighted by Gasteiger charge is 2.31. The second kappa shape index (κ2) is 8.43. The van der Waals surface area contributed by atoms with Gasteiger partial charge in [-0.25, -0.2) is 4.57 Å². The fourth-order valence-electron chi connectivity index (χ4n) is 9.08. The van der Waals surface area contributed by atoms with Crippen molar-refractivity contribution in [3.05, 3.63) is 83.6 Å². The molecule has 0 radical (unpaired) electrons. The van der Waals surface area contributed by atoms with Gasteiger partial charge in [-0.2, -0.15) is 0 Å². The van der Waals surface area contributed by atoms with Gasteiger partial charge in [0.25, 0.3) is 0 Å². The molecular weight excluding hydrogens is 484 g/mol. The lowest BCUT2D eigenvalue weighted by molar-refractivity contribution is -0.643. The summed E-state index contributed by atoms with van der Waals surface area (Å²) in [4.78, 5) is 0. The van der Waals surface area contributed by atoms with E-state index in [4.69, 9.17) is 0 Å². The molecule has 0 amide bonds. The van der Waals surface area contributed by atoms with Crippen molar-refractivity contribution in [1.29, 1.82) is 0 Å². The maximum absolute atomic E-state index is 2.74. The normalized spacial score (nSPS) is 17.4. The van der Waals surface area contributed by atoms with Crippen molar-refractivity contribution in [2.75, 3.05) is 0 Å². The van der Waals surface area contributed by atoms with Gasteiger partial charge in [0.15, 0.2) is 6.20 Å². The van der Waals surface area contributed by atoms with Crippen molar-refractivity contribution in [2.24, 2.45) is 13.0 Å². The van der Waals surface area contributed by atoms with E-state index >= 15 is 0 Å². The number of aromatic nitrogens is 2. The SMILES string of the molecule is Cc1c2ccccc2c(C2CCCC2)c2c1c1c3c(cc[n+]1C)cc(CC1CCCC1)c1c4ccccc4n2c13. The molecule has 2 heteroatoms. The van der Waals surface area contributed by atoms with Crippen molar-refractivity contribution >= 4 is 59.8 Å². The third kappa shape index (κ3) is 2.97. The van der Waals surface area contributed by atoms with Crippen LogP contribution in [-0.4, -0.2) is 4.40 Å². The summed E-state index contributed by atoms with van der Waals surface area (Å²) in [6, 6.07) is 23.5. The maximum Gasteiger partial charge on any atom is 0.224 e. The van der Waals surface area contributed by atoms with E-state index in [0.717, 1.165) is 5.92 Å². The number of benzene rings is 4. The summed E-state index contributed by atoms with van der Waals surface area (Å²) in [5, 5.41) is 10.1. The van der Waals surface area contributed by atoms with E-state index in [-0.39, 0.29) is 0 Å². The third-order valence-electron chi connectivity index (χ3n) is 10.8. The molecule has 2 nitrogen and oxygen atoms in total. The van der Waals surface area contributed by atoms with Crippen LogP contribution in [0, 0.1) is 12.8 Å². The molecule has 0 N–H and O–H groups in total. The summed E-state index contributed by atoms with van der Waals surface area (Å²) in [7, 11) is 2.26. The Hall–Kier alpha value is -3.65. The van der Waals surface area contributed by atoms with E-state index in [0.29, 0.717) is 5.92 Å². The number of para-hydroxylation sites is 1. The van der Waals surface area contributed by atoms with Crippen LogP contribution in [0.5, 0.6) is 0 Å². The number of hydrogen-bond donors (Lipinski definition) is 0. The van der Waals surface area contributed by atoms with Crippen molar-refractivity contribution < 1.29 is 4.57 Å². The summed E-state index contributed by atoms with van der Waals surface area (Å²) >= 11 is 0. The lowest BCUT2D eigenvalue weighted by Crippen LogP contribution is -2.29. The molecule has 2 aliphatic rings. The van der Waals surface area contributed by atoms with Crippen LogP contribution in [0.15, 0.2) is 66.9 Å². The molecule has 2 fully saturated rings. The summed E-state index contributed by atoms with van der Waals surface area (Å²) < 4.78 is 5.15. The first kappa shape index (κ1) is 23.1. The van der Waals surface area contributed by atoms with Gasteiger partial charge in [0, 0.05) is 16.8 Å². The Morgan fingerprint density at radius 3 is 2.25 bits per heavy atom. The molecule has 2 aliphatic carbocycles. The number of aryl methyl sites for hydroxylation is 2. The molecule has 0 atom stereocenters. The zero-order valence-corrected chi connectivity index (χ0v) is 23.8. The highest BCUT2D eigenvalue weighted by atomic mass is 15.0. The van der Waals surface area contributed by atoms with Crippen LogP contribution in [0.4, 0.5) is 0 Å². The molecule has 0 unspecified atom stereocenters. The van der Waals surface area contributed by atoms with Crippen LogP contribution < -0.4 is 4.57 Å². The van der Waals surface area contributed by atoms with Crippen LogP contribution in [0.1, 0.15) is 74.0 Å². The van der Waals surface area contributed by atoms with Gasteiger partial charge in [0.2, 0.25) is 5.52 Å². The van der Waals surface area contributed by atoms with Crippen molar-refractivity contribution in [3.8, 4) is 0 Å². The van der Waals surface area contributed by atoms with Gasteiger partial charge in [0.1, 0.15) is 7.05 Å². The van der Waals surface area contributed by atoms with Crippen molar-refractivity contribution in [1.82, 2.24) is 4.40 Å². The Bertz CT molecular complexity index is 2120. The number of fused-ring (bicyclic) bond motifs is 7. The fourth-order valence-corrected chi connectivity index (χ4v) is 9.08. The topological polar surface area (TPSA) is 8.29 Å². The molecule has 7 aromatic rings. The predicted octanol–water partition coefficient (Wildman–Crippen LogP) is 9.67. The Morgan fingerprint density at radius 2 is 1.45 bits per heavy atom. The van der Waals surface area contributed by atoms with E-state index in [1.54, 1.807) is 11.1 Å². The van der Waals surface area contributed by atoms with Gasteiger partial charge in [-0.1, -0.05) is 81.0 Å². The maximum atomic E-state index is 2.74. The number of hydrogen-bond acceptors (Lipinski definition) is 0. The zero-order chi connectivity index (χ0) is 26.5. The van der Waals surface area contributed by atoms with E-state index < -0.39 is 0 Å². The van der Waals surface area contributed by atoms with E-state index in [1.165, 1.54) is 123 Å². The average Bonchev–Trinajstić information content (AvgIpc) is 3.75. The standard InChI is InChI=1S/C38H37N2/c1-23-28-15-7-8-16-29(28)33(25-13-5-6-14-25)37-32(23)36-35-26(19-20-39(36)2)22-27(21-24-11-3-4-12-24)34-30-17-9-10-18-31(30)40(37)38(34)35/h7-10,15-20,22,24-25H,3-6,11-14,21H2,1-2H3/q+1. The quantitative estimate of drug-likeness (QED) is 0.124. The summed E-state index contributed by atoms with van der Waals surface area (Å²) in [6.07, 6.45) is 14.4. The fraction of sp³-hybridized carbons (Fsp3) is 0.342. The van der Waals surface area contributed by atoms with Crippen LogP contribution >= 0.6 is 0 Å². The molecule has 198 valence electrons. The third-order valence-corrected chi connectivity index (χ3v) is 10.8. The summed E-state index contributed by atoms with van der Waals surface area (Å²) in [5.41, 5.74) is 10.3. The lowest BCUT2D eigenvalue weighted by atomic mass is 9.85. The number of nitrogens with zero attached hydrogens (tertiary/aromatic N) is 2. The van der Waals surface area contributed by atoms with Crippen molar-refractivity contribution in [2.45, 2.75) is 70.6 Å². The van der Waals surface area contributed by atoms with Gasteiger partial charge >= 0.3 is 0 Å². The Morgan fingerprint density at radius 1 is 0.750 bits per heavy atom. The molecule has 0 bridgehead atoms. The van der Waals surface area contributed by atoms with E-state index in [1.807, 2.05) is 0 Å². The van der Waals surface area contributed by atoms with Gasteiger partial charge in [0.05, 0.1) is 27.3 Å². The molecule has 2 saturated carbocycles. The molecule has 4 aromatic carbocycles. The van der Waals surface area contributed by atoms with Gasteiger partial charge < -0.3 is 4.40 Å². The Labute approximate surface area is 235 Å².